The van der Waals surface area contributed by atoms with Crippen molar-refractivity contribution >= 4 is 28.4 Å². The van der Waals surface area contributed by atoms with Gasteiger partial charge in [0.05, 0.1) is 25.0 Å². The number of aromatic amines is 1. The highest BCUT2D eigenvalue weighted by Gasteiger charge is 2.25. The summed E-state index contributed by atoms with van der Waals surface area (Å²) in [5.74, 6) is 0.806. The molecular weight excluding hydrogens is 468 g/mol. The molecule has 0 radical (unpaired) electrons. The van der Waals surface area contributed by atoms with Crippen LogP contribution in [0.1, 0.15) is 41.3 Å². The third-order valence-corrected chi connectivity index (χ3v) is 7.12. The van der Waals surface area contributed by atoms with Gasteiger partial charge in [0.2, 0.25) is 0 Å². The molecule has 3 heterocycles. The molecule has 0 saturated carbocycles. The molecule has 5 rings (SSSR count). The number of rotatable bonds is 9. The summed E-state index contributed by atoms with van der Waals surface area (Å²) in [6, 6.07) is 13.9. The second-order valence-corrected chi connectivity index (χ2v) is 9.29. The average molecular weight is 501 g/mol. The number of nitrogens with zero attached hydrogens (tertiary/aromatic N) is 3. The molecule has 0 aliphatic carbocycles. The van der Waals surface area contributed by atoms with Crippen molar-refractivity contribution in [3.8, 4) is 17.1 Å². The van der Waals surface area contributed by atoms with Gasteiger partial charge in [-0.25, -0.2) is 9.97 Å². The summed E-state index contributed by atoms with van der Waals surface area (Å²) >= 11 is 0. The Morgan fingerprint density at radius 3 is 2.78 bits per heavy atom. The van der Waals surface area contributed by atoms with E-state index in [2.05, 4.69) is 38.2 Å². The first-order chi connectivity index (χ1) is 18.0. The summed E-state index contributed by atoms with van der Waals surface area (Å²) < 4.78 is 5.26. The lowest BCUT2D eigenvalue weighted by Crippen LogP contribution is -2.32. The van der Waals surface area contributed by atoms with Gasteiger partial charge >= 0.3 is 0 Å². The van der Waals surface area contributed by atoms with E-state index in [9.17, 15) is 9.90 Å². The third kappa shape index (κ3) is 4.87. The van der Waals surface area contributed by atoms with E-state index in [4.69, 9.17) is 10.5 Å². The maximum Gasteiger partial charge on any atom is 0.252 e. The molecule has 0 bridgehead atoms. The lowest BCUT2D eigenvalue weighted by Gasteiger charge is -2.25. The first kappa shape index (κ1) is 24.7. The molecule has 0 spiro atoms. The van der Waals surface area contributed by atoms with Crippen LogP contribution in [0.2, 0.25) is 0 Å². The van der Waals surface area contributed by atoms with Gasteiger partial charge in [0.15, 0.2) is 5.65 Å². The quantitative estimate of drug-likeness (QED) is 0.273. The monoisotopic (exact) mass is 500 g/mol. The standard InChI is InChI=1S/C28H32N6O3/c1-3-21-18(15-34-13-5-7-19(34)16-35)6-4-8-23(21)31-24-22(26(29)36)14-30-28-25(24)32-27(33-28)17-9-11-20(37-2)12-10-17/h4,6,8-12,14,19,35H,3,5,7,13,15-16H2,1-2H3,(H2,29,36)(H2,30,31,32,33)/t19-/m1/s1. The number of H-pyrrole nitrogens is 1. The second-order valence-electron chi connectivity index (χ2n) is 9.29. The smallest absolute Gasteiger partial charge is 0.252 e. The fraction of sp³-hybridized carbons (Fsp3) is 0.321. The number of primary amides is 1. The van der Waals surface area contributed by atoms with Crippen molar-refractivity contribution in [2.75, 3.05) is 25.6 Å². The number of aromatic nitrogens is 3. The van der Waals surface area contributed by atoms with E-state index < -0.39 is 5.91 Å². The Balaban J connectivity index is 1.54. The normalized spacial score (nSPS) is 15.8. The number of fused-ring (bicyclic) bond motifs is 1. The minimum atomic E-state index is -0.574. The van der Waals surface area contributed by atoms with Crippen molar-refractivity contribution < 1.29 is 14.6 Å². The van der Waals surface area contributed by atoms with Crippen molar-refractivity contribution in [3.63, 3.8) is 0 Å². The van der Waals surface area contributed by atoms with Crippen LogP contribution < -0.4 is 15.8 Å². The van der Waals surface area contributed by atoms with Gasteiger partial charge in [-0.05, 0) is 67.3 Å². The van der Waals surface area contributed by atoms with Crippen molar-refractivity contribution in [2.45, 2.75) is 38.8 Å². The zero-order valence-corrected chi connectivity index (χ0v) is 21.1. The Morgan fingerprint density at radius 2 is 2.08 bits per heavy atom. The Labute approximate surface area is 215 Å². The maximum absolute atomic E-state index is 12.4. The number of nitrogens with one attached hydrogen (secondary N) is 2. The SMILES string of the molecule is CCc1c(CN2CCC[C@@H]2CO)cccc1Nc1c(C(N)=O)cnc2nc(-c3ccc(OC)cc3)[nH]c12. The molecule has 5 N–H and O–H groups in total. The van der Waals surface area contributed by atoms with Crippen LogP contribution >= 0.6 is 0 Å². The Morgan fingerprint density at radius 1 is 1.27 bits per heavy atom. The van der Waals surface area contributed by atoms with Gasteiger partial charge in [0.25, 0.3) is 5.91 Å². The van der Waals surface area contributed by atoms with Gasteiger partial charge in [-0.2, -0.15) is 0 Å². The Kier molecular flexibility index (Phi) is 7.07. The molecule has 4 aromatic rings. The minimum absolute atomic E-state index is 0.173. The number of imidazole rings is 1. The van der Waals surface area contributed by atoms with Crippen molar-refractivity contribution in [2.24, 2.45) is 5.73 Å². The number of carbonyl (C=O) groups is 1. The summed E-state index contributed by atoms with van der Waals surface area (Å²) in [6.45, 7) is 4.04. The molecule has 2 aromatic carbocycles. The molecule has 0 unspecified atom stereocenters. The highest BCUT2D eigenvalue weighted by Crippen LogP contribution is 2.33. The molecular formula is C28H32N6O3. The Bertz CT molecular complexity index is 1420. The molecule has 1 amide bonds. The number of hydrogen-bond donors (Lipinski definition) is 4. The molecule has 192 valence electrons. The largest absolute Gasteiger partial charge is 0.497 e. The Hall–Kier alpha value is -3.95. The number of methoxy groups -OCH3 is 1. The van der Waals surface area contributed by atoms with E-state index in [1.807, 2.05) is 36.4 Å². The summed E-state index contributed by atoms with van der Waals surface area (Å²) in [5.41, 5.74) is 11.8. The number of nitrogens with two attached hydrogens (primary N) is 1. The number of hydrogen-bond acceptors (Lipinski definition) is 7. The van der Waals surface area contributed by atoms with Gasteiger partial charge in [0.1, 0.15) is 17.1 Å². The number of pyridine rings is 1. The average Bonchev–Trinajstić information content (AvgIpc) is 3.56. The molecule has 1 saturated heterocycles. The molecule has 9 heteroatoms. The zero-order valence-electron chi connectivity index (χ0n) is 21.1. The van der Waals surface area contributed by atoms with E-state index in [0.717, 1.165) is 54.9 Å². The number of anilines is 2. The molecule has 1 aliphatic rings. The van der Waals surface area contributed by atoms with Gasteiger partial charge in [-0.1, -0.05) is 19.1 Å². The van der Waals surface area contributed by atoms with Crippen LogP contribution in [0.4, 0.5) is 11.4 Å². The number of amides is 1. The summed E-state index contributed by atoms with van der Waals surface area (Å²) in [7, 11) is 1.62. The summed E-state index contributed by atoms with van der Waals surface area (Å²) in [5, 5.41) is 13.3. The number of likely N-dealkylation sites (tertiary alicyclic amines) is 1. The molecule has 1 fully saturated rings. The second kappa shape index (κ2) is 10.6. The topological polar surface area (TPSA) is 129 Å². The molecule has 9 nitrogen and oxygen atoms in total. The number of carbonyl (C=O) groups excluding carboxylic acids is 1. The number of aliphatic hydroxyl groups excluding tert-OH is 1. The number of ether oxygens (including phenoxy) is 1. The number of benzene rings is 2. The van der Waals surface area contributed by atoms with Crippen LogP contribution in [-0.2, 0) is 13.0 Å². The van der Waals surface area contributed by atoms with E-state index in [1.165, 1.54) is 11.8 Å². The molecule has 37 heavy (non-hydrogen) atoms. The van der Waals surface area contributed by atoms with Crippen LogP contribution in [-0.4, -0.2) is 57.2 Å². The van der Waals surface area contributed by atoms with E-state index in [-0.39, 0.29) is 18.2 Å². The first-order valence-electron chi connectivity index (χ1n) is 12.6. The molecule has 1 atom stereocenters. The maximum atomic E-state index is 12.4. The predicted octanol–water partition coefficient (Wildman–Crippen LogP) is 4.00. The highest BCUT2D eigenvalue weighted by molar-refractivity contribution is 6.06. The minimum Gasteiger partial charge on any atom is -0.497 e. The zero-order chi connectivity index (χ0) is 25.9. The van der Waals surface area contributed by atoms with E-state index in [1.54, 1.807) is 7.11 Å². The number of aliphatic hydroxyl groups is 1. The summed E-state index contributed by atoms with van der Waals surface area (Å²) in [4.78, 5) is 27.1. The van der Waals surface area contributed by atoms with Gasteiger partial charge in [0, 0.05) is 30.0 Å². The molecule has 2 aromatic heterocycles. The fourth-order valence-corrected chi connectivity index (χ4v) is 5.14. The third-order valence-electron chi connectivity index (χ3n) is 7.12. The highest BCUT2D eigenvalue weighted by atomic mass is 16.5. The van der Waals surface area contributed by atoms with Crippen LogP contribution in [0.15, 0.2) is 48.7 Å². The van der Waals surface area contributed by atoms with E-state index >= 15 is 0 Å². The van der Waals surface area contributed by atoms with Gasteiger partial charge < -0.3 is 25.9 Å². The van der Waals surface area contributed by atoms with Gasteiger partial charge in [-0.3, -0.25) is 9.69 Å². The van der Waals surface area contributed by atoms with Crippen LogP contribution in [0, 0.1) is 0 Å². The predicted molar refractivity (Wildman–Crippen MR) is 144 cm³/mol. The lowest BCUT2D eigenvalue weighted by molar-refractivity contribution is 0.100. The van der Waals surface area contributed by atoms with E-state index in [0.29, 0.717) is 22.7 Å². The van der Waals surface area contributed by atoms with Crippen LogP contribution in [0.3, 0.4) is 0 Å². The fourth-order valence-electron chi connectivity index (χ4n) is 5.14. The van der Waals surface area contributed by atoms with Gasteiger partial charge in [-0.15, -0.1) is 0 Å². The summed E-state index contributed by atoms with van der Waals surface area (Å²) in [6.07, 6.45) is 4.38. The van der Waals surface area contributed by atoms with Crippen molar-refractivity contribution in [1.82, 2.24) is 19.9 Å². The first-order valence-corrected chi connectivity index (χ1v) is 12.6. The lowest BCUT2D eigenvalue weighted by atomic mass is 10.0. The van der Waals surface area contributed by atoms with Crippen LogP contribution in [0.5, 0.6) is 5.75 Å². The van der Waals surface area contributed by atoms with Crippen molar-refractivity contribution in [3.05, 3.63) is 65.4 Å². The van der Waals surface area contributed by atoms with Crippen LogP contribution in [0.25, 0.3) is 22.6 Å². The molecule has 1 aliphatic heterocycles. The van der Waals surface area contributed by atoms with Crippen molar-refractivity contribution in [1.29, 1.82) is 0 Å².